The maximum absolute atomic E-state index is 12.1. The minimum Gasteiger partial charge on any atom is -0.375 e. The van der Waals surface area contributed by atoms with Gasteiger partial charge in [0.25, 0.3) is 0 Å². The largest absolute Gasteiger partial charge is 0.375 e. The molecule has 1 N–H and O–H groups in total. The summed E-state index contributed by atoms with van der Waals surface area (Å²) in [6.45, 7) is 1.48. The average Bonchev–Trinajstić information content (AvgIpc) is 2.70. The van der Waals surface area contributed by atoms with Crippen LogP contribution in [0.2, 0.25) is 0 Å². The molecular formula is C21H26N2O2S. The van der Waals surface area contributed by atoms with E-state index in [4.69, 9.17) is 0 Å². The minimum atomic E-state index is -0.0681. The zero-order valence-corrected chi connectivity index (χ0v) is 16.2. The lowest BCUT2D eigenvalue weighted by Crippen LogP contribution is -2.28. The number of anilines is 1. The van der Waals surface area contributed by atoms with Gasteiger partial charge in [-0.1, -0.05) is 30.3 Å². The molecule has 138 valence electrons. The lowest BCUT2D eigenvalue weighted by Gasteiger charge is -2.19. The first-order valence-corrected chi connectivity index (χ1v) is 10.0. The standard InChI is InChI=1S/C21H26N2O2S/c1-23(18-7-4-3-5-8-18)16-6-15-22-21(25)14-13-20(24)17-9-11-19(26-2)12-10-17/h3-5,7-12H,6,13-16H2,1-2H3,(H,22,25). The predicted molar refractivity (Wildman–Crippen MR) is 109 cm³/mol. The molecule has 0 spiro atoms. The van der Waals surface area contributed by atoms with Crippen LogP contribution in [0.5, 0.6) is 0 Å². The van der Waals surface area contributed by atoms with Gasteiger partial charge in [0, 0.05) is 49.1 Å². The van der Waals surface area contributed by atoms with Crippen molar-refractivity contribution in [1.82, 2.24) is 5.32 Å². The Labute approximate surface area is 160 Å². The molecule has 0 aromatic heterocycles. The molecule has 0 radical (unpaired) electrons. The Bertz CT molecular complexity index is 702. The fourth-order valence-electron chi connectivity index (χ4n) is 2.59. The number of hydrogen-bond acceptors (Lipinski definition) is 4. The quantitative estimate of drug-likeness (QED) is 0.390. The summed E-state index contributed by atoms with van der Waals surface area (Å²) < 4.78 is 0. The van der Waals surface area contributed by atoms with Crippen LogP contribution in [0.15, 0.2) is 59.5 Å². The summed E-state index contributed by atoms with van der Waals surface area (Å²) in [7, 11) is 2.04. The monoisotopic (exact) mass is 370 g/mol. The molecule has 4 nitrogen and oxygen atoms in total. The second kappa shape index (κ2) is 10.7. The Hall–Kier alpha value is -2.27. The van der Waals surface area contributed by atoms with E-state index in [2.05, 4.69) is 22.3 Å². The third-order valence-corrected chi connectivity index (χ3v) is 4.92. The first kappa shape index (κ1) is 20.0. The third kappa shape index (κ3) is 6.56. The fraction of sp³-hybridized carbons (Fsp3) is 0.333. The molecule has 2 aromatic carbocycles. The van der Waals surface area contributed by atoms with Crippen molar-refractivity contribution in [3.63, 3.8) is 0 Å². The Morgan fingerprint density at radius 2 is 1.69 bits per heavy atom. The number of carbonyl (C=O) groups excluding carboxylic acids is 2. The highest BCUT2D eigenvalue weighted by Gasteiger charge is 2.09. The summed E-state index contributed by atoms with van der Waals surface area (Å²) in [6, 6.07) is 17.7. The molecule has 2 rings (SSSR count). The number of ketones is 1. The van der Waals surface area contributed by atoms with Crippen molar-refractivity contribution in [2.75, 3.05) is 31.3 Å². The number of benzene rings is 2. The van der Waals surface area contributed by atoms with Crippen LogP contribution in [-0.4, -0.2) is 38.1 Å². The number of hydrogen-bond donors (Lipinski definition) is 1. The molecule has 0 aliphatic rings. The molecule has 0 bridgehead atoms. The number of para-hydroxylation sites is 1. The van der Waals surface area contributed by atoms with Crippen molar-refractivity contribution in [1.29, 1.82) is 0 Å². The van der Waals surface area contributed by atoms with E-state index < -0.39 is 0 Å². The highest BCUT2D eigenvalue weighted by atomic mass is 32.2. The first-order valence-electron chi connectivity index (χ1n) is 8.80. The number of rotatable bonds is 10. The molecule has 0 aliphatic carbocycles. The lowest BCUT2D eigenvalue weighted by molar-refractivity contribution is -0.121. The van der Waals surface area contributed by atoms with Gasteiger partial charge in [0.2, 0.25) is 5.91 Å². The lowest BCUT2D eigenvalue weighted by atomic mass is 10.1. The molecule has 0 unspecified atom stereocenters. The SMILES string of the molecule is CSc1ccc(C(=O)CCC(=O)NCCCN(C)c2ccccc2)cc1. The van der Waals surface area contributed by atoms with Gasteiger partial charge in [-0.3, -0.25) is 9.59 Å². The van der Waals surface area contributed by atoms with Gasteiger partial charge in [-0.2, -0.15) is 0 Å². The van der Waals surface area contributed by atoms with Crippen LogP contribution >= 0.6 is 11.8 Å². The van der Waals surface area contributed by atoms with Crippen LogP contribution in [0.4, 0.5) is 5.69 Å². The maximum Gasteiger partial charge on any atom is 0.220 e. The Balaban J connectivity index is 1.63. The second-order valence-electron chi connectivity index (χ2n) is 6.11. The normalized spacial score (nSPS) is 10.4. The number of thioether (sulfide) groups is 1. The zero-order chi connectivity index (χ0) is 18.8. The molecule has 1 amide bonds. The summed E-state index contributed by atoms with van der Waals surface area (Å²) in [5.41, 5.74) is 1.83. The average molecular weight is 371 g/mol. The second-order valence-corrected chi connectivity index (χ2v) is 6.99. The van der Waals surface area contributed by atoms with E-state index in [0.717, 1.165) is 23.5 Å². The van der Waals surface area contributed by atoms with Crippen LogP contribution in [0.1, 0.15) is 29.6 Å². The van der Waals surface area contributed by atoms with Crippen LogP contribution in [-0.2, 0) is 4.79 Å². The summed E-state index contributed by atoms with van der Waals surface area (Å²) >= 11 is 1.64. The van der Waals surface area contributed by atoms with Gasteiger partial charge in [0.05, 0.1) is 0 Å². The van der Waals surface area contributed by atoms with E-state index in [1.165, 1.54) is 0 Å². The Morgan fingerprint density at radius 3 is 2.35 bits per heavy atom. The number of amides is 1. The van der Waals surface area contributed by atoms with Gasteiger partial charge < -0.3 is 10.2 Å². The van der Waals surface area contributed by atoms with E-state index in [1.807, 2.05) is 55.8 Å². The van der Waals surface area contributed by atoms with Crippen LogP contribution < -0.4 is 10.2 Å². The van der Waals surface area contributed by atoms with E-state index in [-0.39, 0.29) is 24.5 Å². The molecule has 0 atom stereocenters. The number of nitrogens with zero attached hydrogens (tertiary/aromatic N) is 1. The molecular weight excluding hydrogens is 344 g/mol. The number of Topliss-reactive ketones (excluding diaryl/α,β-unsaturated/α-hetero) is 1. The van der Waals surface area contributed by atoms with Crippen molar-refractivity contribution >= 4 is 29.1 Å². The number of carbonyl (C=O) groups is 2. The van der Waals surface area contributed by atoms with Crippen LogP contribution in [0, 0.1) is 0 Å². The maximum atomic E-state index is 12.1. The Kier molecular flexibility index (Phi) is 8.22. The van der Waals surface area contributed by atoms with Gasteiger partial charge in [-0.15, -0.1) is 11.8 Å². The van der Waals surface area contributed by atoms with Gasteiger partial charge in [0.1, 0.15) is 0 Å². The van der Waals surface area contributed by atoms with Crippen molar-refractivity contribution in [2.24, 2.45) is 0 Å². The van der Waals surface area contributed by atoms with Crippen molar-refractivity contribution in [2.45, 2.75) is 24.2 Å². The van der Waals surface area contributed by atoms with E-state index in [9.17, 15) is 9.59 Å². The van der Waals surface area contributed by atoms with Gasteiger partial charge >= 0.3 is 0 Å². The molecule has 26 heavy (non-hydrogen) atoms. The number of nitrogens with one attached hydrogen (secondary N) is 1. The van der Waals surface area contributed by atoms with Crippen LogP contribution in [0.3, 0.4) is 0 Å². The van der Waals surface area contributed by atoms with E-state index in [0.29, 0.717) is 12.1 Å². The van der Waals surface area contributed by atoms with Gasteiger partial charge in [-0.05, 0) is 36.9 Å². The van der Waals surface area contributed by atoms with Crippen molar-refractivity contribution in [3.05, 3.63) is 60.2 Å². The molecule has 0 heterocycles. The molecule has 0 saturated carbocycles. The topological polar surface area (TPSA) is 49.4 Å². The molecule has 0 fully saturated rings. The molecule has 2 aromatic rings. The highest BCUT2D eigenvalue weighted by Crippen LogP contribution is 2.16. The van der Waals surface area contributed by atoms with E-state index >= 15 is 0 Å². The van der Waals surface area contributed by atoms with Crippen molar-refractivity contribution in [3.8, 4) is 0 Å². The van der Waals surface area contributed by atoms with Gasteiger partial charge in [-0.25, -0.2) is 0 Å². The predicted octanol–water partition coefficient (Wildman–Crippen LogP) is 4.01. The highest BCUT2D eigenvalue weighted by molar-refractivity contribution is 7.98. The molecule has 0 saturated heterocycles. The van der Waals surface area contributed by atoms with Crippen molar-refractivity contribution < 1.29 is 9.59 Å². The molecule has 0 aliphatic heterocycles. The summed E-state index contributed by atoms with van der Waals surface area (Å²) in [5.74, 6) is -0.0573. The summed E-state index contributed by atoms with van der Waals surface area (Å²) in [4.78, 5) is 27.3. The first-order chi connectivity index (χ1) is 12.6. The molecule has 5 heteroatoms. The fourth-order valence-corrected chi connectivity index (χ4v) is 3.00. The summed E-state index contributed by atoms with van der Waals surface area (Å²) in [5, 5.41) is 2.89. The summed E-state index contributed by atoms with van der Waals surface area (Å²) in [6.07, 6.45) is 3.34. The third-order valence-electron chi connectivity index (χ3n) is 4.18. The zero-order valence-electron chi connectivity index (χ0n) is 15.4. The van der Waals surface area contributed by atoms with E-state index in [1.54, 1.807) is 11.8 Å². The minimum absolute atomic E-state index is 0.0108. The van der Waals surface area contributed by atoms with Gasteiger partial charge in [0.15, 0.2) is 5.78 Å². The van der Waals surface area contributed by atoms with Crippen LogP contribution in [0.25, 0.3) is 0 Å². The Morgan fingerprint density at radius 1 is 1.00 bits per heavy atom. The smallest absolute Gasteiger partial charge is 0.220 e.